The summed E-state index contributed by atoms with van der Waals surface area (Å²) < 4.78 is 0. The first-order valence-electron chi connectivity index (χ1n) is 3.12. The minimum absolute atomic E-state index is 0.686. The van der Waals surface area contributed by atoms with Gasteiger partial charge in [-0.2, -0.15) is 5.10 Å². The average molecular weight is 167 g/mol. The van der Waals surface area contributed by atoms with Gasteiger partial charge in [-0.05, 0) is 6.92 Å². The van der Waals surface area contributed by atoms with Crippen LogP contribution in [-0.4, -0.2) is 16.3 Å². The molecule has 0 unspecified atom stereocenters. The highest BCUT2D eigenvalue weighted by Gasteiger charge is 2.01. The van der Waals surface area contributed by atoms with Gasteiger partial charge < -0.3 is 0 Å². The second kappa shape index (κ2) is 3.39. The molecule has 3 nitrogen and oxygen atoms in total. The zero-order valence-electron chi connectivity index (χ0n) is 6.23. The van der Waals surface area contributed by atoms with Crippen LogP contribution in [0.3, 0.4) is 0 Å². The molecule has 0 aromatic carbocycles. The molecule has 4 heteroatoms. The molecule has 1 heterocycles. The third kappa shape index (κ3) is 2.23. The minimum Gasteiger partial charge on any atom is -0.261 e. The maximum Gasteiger partial charge on any atom is 0.0880 e. The van der Waals surface area contributed by atoms with Crippen LogP contribution in [0.5, 0.6) is 0 Å². The summed E-state index contributed by atoms with van der Waals surface area (Å²) in [5.74, 6) is 0. The molecule has 0 radical (unpaired) electrons. The molecule has 0 aromatic heterocycles. The minimum atomic E-state index is 0.686. The van der Waals surface area contributed by atoms with Crippen molar-refractivity contribution in [3.63, 3.8) is 0 Å². The summed E-state index contributed by atoms with van der Waals surface area (Å²) in [6.45, 7) is 5.53. The highest BCUT2D eigenvalue weighted by Crippen LogP contribution is 2.06. The Balaban J connectivity index is 2.75. The molecule has 0 aliphatic carbocycles. The van der Waals surface area contributed by atoms with Gasteiger partial charge in [0, 0.05) is 12.4 Å². The summed E-state index contributed by atoms with van der Waals surface area (Å²) in [5, 5.41) is 6.36. The first-order chi connectivity index (χ1) is 5.20. The van der Waals surface area contributed by atoms with Crippen molar-refractivity contribution in [2.24, 2.45) is 10.1 Å². The molecule has 0 atom stereocenters. The number of nitrogens with zero attached hydrogens (tertiary/aromatic N) is 3. The van der Waals surface area contributed by atoms with Crippen molar-refractivity contribution in [3.8, 4) is 0 Å². The number of hydrogen-bond donors (Lipinski definition) is 1. The van der Waals surface area contributed by atoms with E-state index in [9.17, 15) is 0 Å². The lowest BCUT2D eigenvalue weighted by Crippen LogP contribution is -2.12. The SMILES string of the molecule is C=C1C=NC=CN1/N=C(\C)S. The molecule has 0 amide bonds. The van der Waals surface area contributed by atoms with Gasteiger partial charge in [0.15, 0.2) is 0 Å². The monoisotopic (exact) mass is 167 g/mol. The number of allylic oxidation sites excluding steroid dienone is 1. The molecule has 0 spiro atoms. The second-order valence-electron chi connectivity index (χ2n) is 2.06. The van der Waals surface area contributed by atoms with E-state index in [-0.39, 0.29) is 0 Å². The van der Waals surface area contributed by atoms with E-state index < -0.39 is 0 Å². The summed E-state index contributed by atoms with van der Waals surface area (Å²) in [4.78, 5) is 3.87. The summed E-state index contributed by atoms with van der Waals surface area (Å²) in [6, 6.07) is 0. The smallest absolute Gasteiger partial charge is 0.0880 e. The molecule has 1 aliphatic rings. The van der Waals surface area contributed by atoms with Crippen LogP contribution in [0.2, 0.25) is 0 Å². The number of hydrogen-bond acceptors (Lipinski definition) is 3. The van der Waals surface area contributed by atoms with E-state index in [4.69, 9.17) is 0 Å². The Morgan fingerprint density at radius 3 is 3.09 bits per heavy atom. The Morgan fingerprint density at radius 1 is 1.82 bits per heavy atom. The van der Waals surface area contributed by atoms with Gasteiger partial charge in [0.25, 0.3) is 0 Å². The zero-order chi connectivity index (χ0) is 8.27. The molecule has 1 rings (SSSR count). The average Bonchev–Trinajstić information content (AvgIpc) is 1.93. The molecule has 0 bridgehead atoms. The lowest BCUT2D eigenvalue weighted by Gasteiger charge is -2.15. The van der Waals surface area contributed by atoms with Gasteiger partial charge in [-0.25, -0.2) is 5.01 Å². The standard InChI is InChI=1S/C7H9N3S/c1-6-5-8-3-4-10(6)9-7(2)11/h3-5H,1H2,2H3,(H,9,11). The van der Waals surface area contributed by atoms with Crippen LogP contribution in [-0.2, 0) is 0 Å². The fraction of sp³-hybridized carbons (Fsp3) is 0.143. The van der Waals surface area contributed by atoms with E-state index in [2.05, 4.69) is 29.3 Å². The summed E-state index contributed by atoms with van der Waals surface area (Å²) in [5.41, 5.74) is 0.737. The molecule has 0 saturated heterocycles. The topological polar surface area (TPSA) is 28.0 Å². The Kier molecular flexibility index (Phi) is 2.48. The molecule has 0 N–H and O–H groups in total. The van der Waals surface area contributed by atoms with Crippen molar-refractivity contribution in [1.82, 2.24) is 5.01 Å². The second-order valence-corrected chi connectivity index (χ2v) is 2.71. The Hall–Kier alpha value is -1.03. The van der Waals surface area contributed by atoms with Gasteiger partial charge in [-0.15, -0.1) is 12.6 Å². The van der Waals surface area contributed by atoms with E-state index in [1.807, 2.05) is 0 Å². The molecule has 0 aromatic rings. The van der Waals surface area contributed by atoms with Gasteiger partial charge in [0.05, 0.1) is 17.0 Å². The number of aliphatic imine (C=N–C) groups is 1. The zero-order valence-corrected chi connectivity index (χ0v) is 7.12. The van der Waals surface area contributed by atoms with Crippen LogP contribution in [0, 0.1) is 0 Å². The molecule has 0 fully saturated rings. The predicted octanol–water partition coefficient (Wildman–Crippen LogP) is 1.62. The third-order valence-corrected chi connectivity index (χ3v) is 1.15. The van der Waals surface area contributed by atoms with Crippen molar-refractivity contribution in [1.29, 1.82) is 0 Å². The lowest BCUT2D eigenvalue weighted by molar-refractivity contribution is 0.523. The van der Waals surface area contributed by atoms with Crippen LogP contribution in [0.4, 0.5) is 0 Å². The number of rotatable bonds is 1. The normalized spacial score (nSPS) is 17.8. The van der Waals surface area contributed by atoms with Crippen LogP contribution in [0.15, 0.2) is 34.8 Å². The van der Waals surface area contributed by atoms with Gasteiger partial charge in [0.2, 0.25) is 0 Å². The summed E-state index contributed by atoms with van der Waals surface area (Å²) in [6.07, 6.45) is 5.01. The predicted molar refractivity (Wildman–Crippen MR) is 50.7 cm³/mol. The molecular weight excluding hydrogens is 158 g/mol. The summed E-state index contributed by atoms with van der Waals surface area (Å²) in [7, 11) is 0. The highest BCUT2D eigenvalue weighted by atomic mass is 32.1. The quantitative estimate of drug-likeness (QED) is 0.359. The lowest BCUT2D eigenvalue weighted by atomic mass is 10.5. The third-order valence-electron chi connectivity index (χ3n) is 1.06. The van der Waals surface area contributed by atoms with Gasteiger partial charge >= 0.3 is 0 Å². The first-order valence-corrected chi connectivity index (χ1v) is 3.57. The van der Waals surface area contributed by atoms with Gasteiger partial charge in [-0.1, -0.05) is 6.58 Å². The Morgan fingerprint density at radius 2 is 2.55 bits per heavy atom. The van der Waals surface area contributed by atoms with E-state index in [1.165, 1.54) is 0 Å². The van der Waals surface area contributed by atoms with E-state index in [1.54, 1.807) is 30.5 Å². The van der Waals surface area contributed by atoms with Crippen LogP contribution in [0.1, 0.15) is 6.92 Å². The molecule has 1 aliphatic heterocycles. The first kappa shape index (κ1) is 8.07. The maximum absolute atomic E-state index is 4.05. The van der Waals surface area contributed by atoms with Crippen molar-refractivity contribution in [3.05, 3.63) is 24.7 Å². The number of thiol groups is 1. The van der Waals surface area contributed by atoms with Crippen molar-refractivity contribution in [2.45, 2.75) is 6.92 Å². The van der Waals surface area contributed by atoms with Crippen molar-refractivity contribution < 1.29 is 0 Å². The van der Waals surface area contributed by atoms with E-state index in [0.29, 0.717) is 5.04 Å². The van der Waals surface area contributed by atoms with E-state index in [0.717, 1.165) is 5.70 Å². The van der Waals surface area contributed by atoms with Gasteiger partial charge in [-0.3, -0.25) is 4.99 Å². The van der Waals surface area contributed by atoms with Crippen molar-refractivity contribution in [2.75, 3.05) is 0 Å². The summed E-state index contributed by atoms with van der Waals surface area (Å²) >= 11 is 4.04. The highest BCUT2D eigenvalue weighted by molar-refractivity contribution is 7.96. The largest absolute Gasteiger partial charge is 0.261 e. The van der Waals surface area contributed by atoms with Gasteiger partial charge in [0.1, 0.15) is 0 Å². The molecule has 58 valence electrons. The molecule has 11 heavy (non-hydrogen) atoms. The van der Waals surface area contributed by atoms with E-state index >= 15 is 0 Å². The maximum atomic E-state index is 4.05. The molecular formula is C7H9N3S. The van der Waals surface area contributed by atoms with Crippen molar-refractivity contribution >= 4 is 23.9 Å². The fourth-order valence-electron chi connectivity index (χ4n) is 0.639. The van der Waals surface area contributed by atoms with Crippen LogP contribution in [0.25, 0.3) is 0 Å². The van der Waals surface area contributed by atoms with Crippen LogP contribution >= 0.6 is 12.6 Å². The molecule has 0 saturated carbocycles. The van der Waals surface area contributed by atoms with Crippen LogP contribution < -0.4 is 0 Å². The Bertz CT molecular complexity index is 248. The number of hydrazone groups is 1. The Labute approximate surface area is 71.2 Å². The fourth-order valence-corrected chi connectivity index (χ4v) is 0.735.